The van der Waals surface area contributed by atoms with E-state index in [1.165, 1.54) is 25.8 Å². The van der Waals surface area contributed by atoms with Crippen molar-refractivity contribution in [2.24, 2.45) is 0 Å². The van der Waals surface area contributed by atoms with Gasteiger partial charge in [0.1, 0.15) is 0 Å². The standard InChI is InChI=1S/C12H12O2SSe/c1-8(12(13)14)15-7-10-6-9-4-2-3-5-11(9)16-10/h2-6,8H,7H2,1H3,(H,13,14). The summed E-state index contributed by atoms with van der Waals surface area (Å²) in [6.07, 6.45) is 0. The van der Waals surface area contributed by atoms with Gasteiger partial charge in [0.25, 0.3) is 0 Å². The van der Waals surface area contributed by atoms with Crippen molar-refractivity contribution in [1.82, 2.24) is 0 Å². The molecule has 0 saturated heterocycles. The Balaban J connectivity index is 2.07. The zero-order valence-corrected chi connectivity index (χ0v) is 11.4. The summed E-state index contributed by atoms with van der Waals surface area (Å²) in [7, 11) is 0. The molecule has 0 aliphatic carbocycles. The predicted octanol–water partition coefficient (Wildman–Crippen LogP) is 2.60. The first-order valence-electron chi connectivity index (χ1n) is 4.98. The van der Waals surface area contributed by atoms with Gasteiger partial charge < -0.3 is 0 Å². The fraction of sp³-hybridized carbons (Fsp3) is 0.250. The van der Waals surface area contributed by atoms with Crippen LogP contribution in [-0.2, 0) is 10.5 Å². The van der Waals surface area contributed by atoms with Crippen LogP contribution >= 0.6 is 11.8 Å². The maximum absolute atomic E-state index is 10.7. The molecule has 0 amide bonds. The number of aliphatic carboxylic acids is 1. The molecule has 0 aliphatic heterocycles. The van der Waals surface area contributed by atoms with Gasteiger partial charge in [-0.1, -0.05) is 0 Å². The van der Waals surface area contributed by atoms with Crippen molar-refractivity contribution in [2.75, 3.05) is 0 Å². The number of hydrogen-bond acceptors (Lipinski definition) is 2. The van der Waals surface area contributed by atoms with Crippen molar-refractivity contribution in [2.45, 2.75) is 17.9 Å². The number of hydrogen-bond donors (Lipinski definition) is 1. The third kappa shape index (κ3) is 2.70. The molecule has 2 nitrogen and oxygen atoms in total. The minimum absolute atomic E-state index is 0.319. The molecule has 84 valence electrons. The van der Waals surface area contributed by atoms with Crippen LogP contribution in [0.2, 0.25) is 0 Å². The second-order valence-corrected chi connectivity index (χ2v) is 7.32. The Morgan fingerprint density at radius 3 is 2.94 bits per heavy atom. The topological polar surface area (TPSA) is 37.3 Å². The number of carbonyl (C=O) groups is 1. The van der Waals surface area contributed by atoms with E-state index in [1.807, 2.05) is 6.07 Å². The van der Waals surface area contributed by atoms with Gasteiger partial charge in [0.2, 0.25) is 0 Å². The number of carboxylic acid groups (broad SMARTS) is 1. The van der Waals surface area contributed by atoms with Crippen molar-refractivity contribution < 1.29 is 9.90 Å². The molecular formula is C12H12O2SSe. The first kappa shape index (κ1) is 11.8. The Morgan fingerprint density at radius 1 is 1.50 bits per heavy atom. The fourth-order valence-corrected chi connectivity index (χ4v) is 4.69. The number of fused-ring (bicyclic) bond motifs is 1. The quantitative estimate of drug-likeness (QED) is 0.882. The van der Waals surface area contributed by atoms with E-state index < -0.39 is 5.97 Å². The predicted molar refractivity (Wildman–Crippen MR) is 69.3 cm³/mol. The zero-order chi connectivity index (χ0) is 11.5. The summed E-state index contributed by atoms with van der Waals surface area (Å²) in [6.45, 7) is 1.74. The Morgan fingerprint density at radius 2 is 2.25 bits per heavy atom. The number of benzene rings is 1. The molecule has 1 aromatic carbocycles. The van der Waals surface area contributed by atoms with Crippen LogP contribution in [0.1, 0.15) is 11.4 Å². The van der Waals surface area contributed by atoms with Crippen LogP contribution < -0.4 is 0 Å². The molecule has 1 aromatic heterocycles. The van der Waals surface area contributed by atoms with Crippen LogP contribution in [-0.4, -0.2) is 30.8 Å². The Labute approximate surface area is 104 Å². The molecule has 2 aromatic rings. The normalized spacial score (nSPS) is 12.8. The van der Waals surface area contributed by atoms with E-state index in [0.717, 1.165) is 5.75 Å². The van der Waals surface area contributed by atoms with Crippen molar-refractivity contribution in [3.05, 3.63) is 34.8 Å². The van der Waals surface area contributed by atoms with Crippen LogP contribution in [0.3, 0.4) is 0 Å². The summed E-state index contributed by atoms with van der Waals surface area (Å²) in [5.74, 6) is 0.107. The monoisotopic (exact) mass is 300 g/mol. The second kappa shape index (κ2) is 5.09. The van der Waals surface area contributed by atoms with Gasteiger partial charge in [-0.15, -0.1) is 0 Å². The Bertz CT molecular complexity index is 473. The van der Waals surface area contributed by atoms with Crippen LogP contribution in [0.4, 0.5) is 0 Å². The van der Waals surface area contributed by atoms with E-state index in [9.17, 15) is 4.79 Å². The van der Waals surface area contributed by atoms with Crippen LogP contribution in [0.15, 0.2) is 30.3 Å². The van der Waals surface area contributed by atoms with Crippen LogP contribution in [0.5, 0.6) is 0 Å². The first-order valence-corrected chi connectivity index (χ1v) is 7.75. The summed E-state index contributed by atoms with van der Waals surface area (Å²) in [5, 5.41) is 9.78. The van der Waals surface area contributed by atoms with Crippen molar-refractivity contribution in [3.63, 3.8) is 0 Å². The molecule has 2 rings (SSSR count). The molecule has 4 heteroatoms. The molecule has 0 fully saturated rings. The second-order valence-electron chi connectivity index (χ2n) is 3.54. The molecular weight excluding hydrogens is 287 g/mol. The van der Waals surface area contributed by atoms with E-state index in [4.69, 9.17) is 5.11 Å². The Kier molecular flexibility index (Phi) is 3.74. The van der Waals surface area contributed by atoms with E-state index in [1.54, 1.807) is 6.92 Å². The summed E-state index contributed by atoms with van der Waals surface area (Å²) < 4.78 is 2.79. The van der Waals surface area contributed by atoms with Gasteiger partial charge in [-0.3, -0.25) is 0 Å². The number of thioether (sulfide) groups is 1. The fourth-order valence-electron chi connectivity index (χ4n) is 1.39. The molecule has 0 radical (unpaired) electrons. The van der Waals surface area contributed by atoms with Gasteiger partial charge >= 0.3 is 104 Å². The van der Waals surface area contributed by atoms with E-state index in [0.29, 0.717) is 14.5 Å². The average molecular weight is 299 g/mol. The molecule has 1 atom stereocenters. The van der Waals surface area contributed by atoms with Gasteiger partial charge in [-0.25, -0.2) is 0 Å². The van der Waals surface area contributed by atoms with Crippen molar-refractivity contribution in [1.29, 1.82) is 0 Å². The minimum atomic E-state index is -0.728. The SMILES string of the molecule is CC(SCc1cc2ccccc2[se]1)C(=O)O. The van der Waals surface area contributed by atoms with Gasteiger partial charge in [0.05, 0.1) is 0 Å². The zero-order valence-electron chi connectivity index (χ0n) is 8.84. The van der Waals surface area contributed by atoms with Gasteiger partial charge in [0, 0.05) is 0 Å². The summed E-state index contributed by atoms with van der Waals surface area (Å²) in [5.41, 5.74) is 0. The number of rotatable bonds is 4. The van der Waals surface area contributed by atoms with Crippen LogP contribution in [0.25, 0.3) is 9.65 Å². The Hall–Kier alpha value is -0.701. The van der Waals surface area contributed by atoms with E-state index in [2.05, 4.69) is 24.3 Å². The molecule has 1 heterocycles. The molecule has 1 N–H and O–H groups in total. The molecule has 0 saturated carbocycles. The molecule has 1 unspecified atom stereocenters. The summed E-state index contributed by atoms with van der Waals surface area (Å²) in [6, 6.07) is 10.6. The molecule has 0 bridgehead atoms. The number of carboxylic acids is 1. The molecule has 16 heavy (non-hydrogen) atoms. The van der Waals surface area contributed by atoms with Gasteiger partial charge in [-0.05, 0) is 0 Å². The summed E-state index contributed by atoms with van der Waals surface area (Å²) >= 11 is 1.89. The maximum atomic E-state index is 10.7. The van der Waals surface area contributed by atoms with Gasteiger partial charge in [0.15, 0.2) is 0 Å². The molecule has 0 spiro atoms. The van der Waals surface area contributed by atoms with Crippen LogP contribution in [0, 0.1) is 0 Å². The summed E-state index contributed by atoms with van der Waals surface area (Å²) in [4.78, 5) is 10.7. The average Bonchev–Trinajstić information content (AvgIpc) is 2.68. The third-order valence-corrected chi connectivity index (χ3v) is 6.23. The van der Waals surface area contributed by atoms with Crippen molar-refractivity contribution in [3.8, 4) is 0 Å². The first-order chi connectivity index (χ1) is 7.66. The van der Waals surface area contributed by atoms with E-state index in [-0.39, 0.29) is 5.25 Å². The van der Waals surface area contributed by atoms with Crippen molar-refractivity contribution >= 4 is 41.9 Å². The van der Waals surface area contributed by atoms with Gasteiger partial charge in [-0.2, -0.15) is 0 Å². The third-order valence-electron chi connectivity index (χ3n) is 2.30. The molecule has 0 aliphatic rings. The van der Waals surface area contributed by atoms with E-state index >= 15 is 0 Å².